The fourth-order valence-electron chi connectivity index (χ4n) is 6.44. The second-order valence-electron chi connectivity index (χ2n) is 12.4. The lowest BCUT2D eigenvalue weighted by atomic mass is 9.81. The van der Waals surface area contributed by atoms with Gasteiger partial charge in [-0.05, 0) is 116 Å². The molecule has 5 rings (SSSR count). The van der Waals surface area contributed by atoms with Crippen LogP contribution in [0.3, 0.4) is 0 Å². The summed E-state index contributed by atoms with van der Waals surface area (Å²) in [7, 11) is 6.08. The summed E-state index contributed by atoms with van der Waals surface area (Å²) in [5, 5.41) is 13.5. The van der Waals surface area contributed by atoms with Gasteiger partial charge in [-0.2, -0.15) is 0 Å². The Labute approximate surface area is 277 Å². The third-order valence-corrected chi connectivity index (χ3v) is 9.14. The van der Waals surface area contributed by atoms with Crippen LogP contribution in [0.4, 0.5) is 17.1 Å². The van der Waals surface area contributed by atoms with E-state index in [9.17, 15) is 14.7 Å². The Morgan fingerprint density at radius 2 is 1.70 bits per heavy atom. The molecule has 0 aromatic heterocycles. The van der Waals surface area contributed by atoms with Crippen molar-refractivity contribution in [3.63, 3.8) is 0 Å². The summed E-state index contributed by atoms with van der Waals surface area (Å²) < 4.78 is 0. The van der Waals surface area contributed by atoms with E-state index < -0.39 is 5.97 Å². The number of carbonyl (C=O) groups excluding carboxylic acids is 1. The molecule has 0 bridgehead atoms. The molecular formula is C37H44ClN5O3. The highest BCUT2D eigenvalue weighted by Crippen LogP contribution is 2.38. The molecule has 1 amide bonds. The normalized spacial score (nSPS) is 15.1. The number of hydrogen-bond donors (Lipinski definition) is 2. The van der Waals surface area contributed by atoms with Crippen LogP contribution in [0.2, 0.25) is 5.02 Å². The van der Waals surface area contributed by atoms with E-state index in [1.54, 1.807) is 6.07 Å². The highest BCUT2D eigenvalue weighted by atomic mass is 35.5. The Balaban J connectivity index is 1.33. The molecule has 9 heteroatoms. The van der Waals surface area contributed by atoms with Crippen LogP contribution < -0.4 is 15.1 Å². The number of nitrogens with one attached hydrogen (secondary N) is 1. The number of piperazine rings is 1. The first-order valence-corrected chi connectivity index (χ1v) is 16.3. The molecule has 1 heterocycles. The second kappa shape index (κ2) is 15.0. The van der Waals surface area contributed by atoms with Crippen LogP contribution in [-0.2, 0) is 11.2 Å². The summed E-state index contributed by atoms with van der Waals surface area (Å²) >= 11 is 6.26. The number of carbonyl (C=O) groups is 2. The fraction of sp³-hybridized carbons (Fsp3) is 0.351. The molecule has 2 N–H and O–H groups in total. The first-order chi connectivity index (χ1) is 22.1. The molecule has 3 aromatic carbocycles. The van der Waals surface area contributed by atoms with Crippen molar-refractivity contribution in [1.82, 2.24) is 9.80 Å². The molecule has 0 radical (unpaired) electrons. The molecule has 1 aliphatic heterocycles. The maximum absolute atomic E-state index is 12.0. The van der Waals surface area contributed by atoms with Crippen LogP contribution in [0, 0.1) is 0 Å². The molecule has 1 fully saturated rings. The van der Waals surface area contributed by atoms with E-state index in [4.69, 9.17) is 11.6 Å². The number of amides is 1. The minimum absolute atomic E-state index is 0.217. The van der Waals surface area contributed by atoms with Crippen LogP contribution in [0.1, 0.15) is 39.9 Å². The number of hydrogen-bond acceptors (Lipinski definition) is 6. The number of carboxylic acids is 1. The van der Waals surface area contributed by atoms with Crippen molar-refractivity contribution in [2.45, 2.75) is 19.3 Å². The fourth-order valence-corrected chi connectivity index (χ4v) is 6.57. The van der Waals surface area contributed by atoms with Gasteiger partial charge in [-0.25, -0.2) is 4.79 Å². The number of fused-ring (bicyclic) bond motifs is 1. The minimum atomic E-state index is -0.901. The van der Waals surface area contributed by atoms with E-state index in [0.29, 0.717) is 10.6 Å². The molecule has 8 nitrogen and oxygen atoms in total. The Morgan fingerprint density at radius 3 is 2.37 bits per heavy atom. The molecule has 0 saturated carbocycles. The quantitative estimate of drug-likeness (QED) is 0.231. The summed E-state index contributed by atoms with van der Waals surface area (Å²) in [6, 6.07) is 20.0. The van der Waals surface area contributed by atoms with Crippen molar-refractivity contribution < 1.29 is 14.7 Å². The van der Waals surface area contributed by atoms with Crippen molar-refractivity contribution in [1.29, 1.82) is 0 Å². The van der Waals surface area contributed by atoms with E-state index in [1.807, 2.05) is 51.5 Å². The monoisotopic (exact) mass is 641 g/mol. The first kappa shape index (κ1) is 33.3. The van der Waals surface area contributed by atoms with Gasteiger partial charge in [0.2, 0.25) is 5.91 Å². The van der Waals surface area contributed by atoms with Crippen molar-refractivity contribution in [2.75, 3.05) is 82.1 Å². The topological polar surface area (TPSA) is 79.4 Å². The number of benzene rings is 3. The average molecular weight is 642 g/mol. The third-order valence-electron chi connectivity index (χ3n) is 8.88. The Morgan fingerprint density at radius 1 is 0.957 bits per heavy atom. The van der Waals surface area contributed by atoms with Gasteiger partial charge in [0.25, 0.3) is 0 Å². The lowest BCUT2D eigenvalue weighted by molar-refractivity contribution is -0.111. The number of anilines is 3. The number of carboxylic acid groups (broad SMARTS) is 1. The Hall–Kier alpha value is -4.11. The summed E-state index contributed by atoms with van der Waals surface area (Å²) in [5.74, 6) is -1.12. The smallest absolute Gasteiger partial charge is 0.337 e. The summed E-state index contributed by atoms with van der Waals surface area (Å²) in [5.41, 5.74) is 9.13. The van der Waals surface area contributed by atoms with Gasteiger partial charge in [0, 0.05) is 62.7 Å². The largest absolute Gasteiger partial charge is 0.478 e. The lowest BCUT2D eigenvalue weighted by Gasteiger charge is -2.38. The molecule has 242 valence electrons. The van der Waals surface area contributed by atoms with Gasteiger partial charge in [0.05, 0.1) is 11.3 Å². The SMILES string of the molecule is C=CC(=O)Nc1ccc2c(c1)CCC(CN1CCN(c3ccc(C(=O)O)c(N(C)CCCN(C)C)c3)CC1)=C2c1ccc(Cl)cc1. The van der Waals surface area contributed by atoms with Crippen LogP contribution >= 0.6 is 11.6 Å². The van der Waals surface area contributed by atoms with Crippen LogP contribution in [-0.4, -0.2) is 93.7 Å². The van der Waals surface area contributed by atoms with Crippen molar-refractivity contribution in [3.8, 4) is 0 Å². The predicted molar refractivity (Wildman–Crippen MR) is 190 cm³/mol. The van der Waals surface area contributed by atoms with Gasteiger partial charge in [-0.1, -0.05) is 36.4 Å². The predicted octanol–water partition coefficient (Wildman–Crippen LogP) is 6.12. The summed E-state index contributed by atoms with van der Waals surface area (Å²) in [4.78, 5) is 33.0. The zero-order valence-corrected chi connectivity index (χ0v) is 27.8. The van der Waals surface area contributed by atoms with E-state index in [1.165, 1.54) is 28.3 Å². The van der Waals surface area contributed by atoms with Crippen LogP contribution in [0.15, 0.2) is 78.9 Å². The Kier molecular flexibility index (Phi) is 10.8. The minimum Gasteiger partial charge on any atom is -0.478 e. The average Bonchev–Trinajstić information content (AvgIpc) is 3.05. The highest BCUT2D eigenvalue weighted by molar-refractivity contribution is 6.30. The van der Waals surface area contributed by atoms with E-state index in [0.717, 1.165) is 87.7 Å². The molecule has 1 saturated heterocycles. The van der Waals surface area contributed by atoms with Gasteiger partial charge in [-0.3, -0.25) is 9.69 Å². The van der Waals surface area contributed by atoms with E-state index in [-0.39, 0.29) is 5.91 Å². The van der Waals surface area contributed by atoms with E-state index in [2.05, 4.69) is 55.8 Å². The maximum Gasteiger partial charge on any atom is 0.337 e. The second-order valence-corrected chi connectivity index (χ2v) is 12.8. The number of nitrogens with zero attached hydrogens (tertiary/aromatic N) is 4. The summed E-state index contributed by atoms with van der Waals surface area (Å²) in [6.07, 6.45) is 4.08. The molecular weight excluding hydrogens is 598 g/mol. The third kappa shape index (κ3) is 7.99. The molecule has 0 atom stereocenters. The number of aromatic carboxylic acids is 1. The number of aryl methyl sites for hydroxylation is 1. The van der Waals surface area contributed by atoms with Gasteiger partial charge < -0.3 is 25.1 Å². The first-order valence-electron chi connectivity index (χ1n) is 15.9. The van der Waals surface area contributed by atoms with Gasteiger partial charge in [0.1, 0.15) is 0 Å². The molecule has 3 aromatic rings. The summed E-state index contributed by atoms with van der Waals surface area (Å²) in [6.45, 7) is 9.72. The van der Waals surface area contributed by atoms with Crippen molar-refractivity contribution >= 4 is 46.1 Å². The zero-order chi connectivity index (χ0) is 32.8. The highest BCUT2D eigenvalue weighted by Gasteiger charge is 2.25. The van der Waals surface area contributed by atoms with E-state index >= 15 is 0 Å². The molecule has 1 aliphatic carbocycles. The van der Waals surface area contributed by atoms with Crippen molar-refractivity contribution in [2.24, 2.45) is 0 Å². The van der Waals surface area contributed by atoms with Crippen LogP contribution in [0.25, 0.3) is 5.57 Å². The molecule has 0 unspecified atom stereocenters. The molecule has 2 aliphatic rings. The van der Waals surface area contributed by atoms with Crippen molar-refractivity contribution in [3.05, 3.63) is 106 Å². The van der Waals surface area contributed by atoms with Gasteiger partial charge in [0.15, 0.2) is 0 Å². The maximum atomic E-state index is 12.0. The zero-order valence-electron chi connectivity index (χ0n) is 27.1. The Bertz CT molecular complexity index is 1610. The molecule has 46 heavy (non-hydrogen) atoms. The standard InChI is InChI=1S/C37H44ClN5O3/c1-5-35(44)39-30-13-15-32-27(23-30)7-8-28(36(32)26-9-11-29(38)12-10-26)25-42-19-21-43(22-20-42)31-14-16-33(37(45)46)34(24-31)41(4)18-6-17-40(2)3/h5,9-16,23-24H,1,6-8,17-22,25H2,2-4H3,(H,39,44)(H,45,46). The number of rotatable bonds is 12. The number of halogens is 1. The van der Waals surface area contributed by atoms with Crippen LogP contribution in [0.5, 0.6) is 0 Å². The molecule has 0 spiro atoms. The lowest BCUT2D eigenvalue weighted by Crippen LogP contribution is -2.47. The van der Waals surface area contributed by atoms with Gasteiger partial charge in [-0.15, -0.1) is 0 Å². The van der Waals surface area contributed by atoms with Gasteiger partial charge >= 0.3 is 5.97 Å².